The minimum Gasteiger partial charge on any atom is -0.476 e. The molecule has 0 unspecified atom stereocenters. The zero-order valence-electron chi connectivity index (χ0n) is 13.9. The van der Waals surface area contributed by atoms with Gasteiger partial charge in [-0.2, -0.15) is 13.2 Å². The molecule has 140 valence electrons. The van der Waals surface area contributed by atoms with Gasteiger partial charge in [0, 0.05) is 17.3 Å². The van der Waals surface area contributed by atoms with Crippen molar-refractivity contribution in [2.24, 2.45) is 0 Å². The van der Waals surface area contributed by atoms with E-state index >= 15 is 0 Å². The Hall–Kier alpha value is -3.07. The number of rotatable bonds is 4. The molecule has 3 aromatic rings. The van der Waals surface area contributed by atoms with Crippen molar-refractivity contribution in [2.45, 2.75) is 13.1 Å². The van der Waals surface area contributed by atoms with E-state index in [4.69, 9.17) is 0 Å². The van der Waals surface area contributed by atoms with Crippen molar-refractivity contribution < 1.29 is 27.9 Å². The van der Waals surface area contributed by atoms with E-state index in [-0.39, 0.29) is 16.3 Å². The first-order chi connectivity index (χ1) is 12.7. The van der Waals surface area contributed by atoms with Crippen molar-refractivity contribution in [3.63, 3.8) is 0 Å². The maximum atomic E-state index is 12.7. The molecule has 0 aliphatic carbocycles. The standard InChI is InChI=1S/C18H13F3N2O3S/c1-10-2-4-12(5-3-10)23-7-6-13(15(23)17(25)26)22-16(24)14-8-11(9-27-14)18(19,20)21/h2-9H,1H3,(H,22,24)(H,25,26). The predicted octanol–water partition coefficient (Wildman–Crippen LogP) is 4.82. The normalized spacial score (nSPS) is 11.4. The Morgan fingerprint density at radius 1 is 1.15 bits per heavy atom. The lowest BCUT2D eigenvalue weighted by Gasteiger charge is -2.09. The van der Waals surface area contributed by atoms with E-state index in [0.717, 1.165) is 17.0 Å². The summed E-state index contributed by atoms with van der Waals surface area (Å²) in [5.41, 5.74) is 0.451. The van der Waals surface area contributed by atoms with E-state index in [9.17, 15) is 27.9 Å². The fourth-order valence-electron chi connectivity index (χ4n) is 2.46. The summed E-state index contributed by atoms with van der Waals surface area (Å²) >= 11 is 0.637. The number of thiophene rings is 1. The molecule has 1 aromatic carbocycles. The number of carboxylic acids is 1. The smallest absolute Gasteiger partial charge is 0.417 e. The Morgan fingerprint density at radius 3 is 2.37 bits per heavy atom. The number of nitrogens with zero attached hydrogens (tertiary/aromatic N) is 1. The van der Waals surface area contributed by atoms with Gasteiger partial charge in [-0.25, -0.2) is 4.79 Å². The summed E-state index contributed by atoms with van der Waals surface area (Å²) in [4.78, 5) is 23.8. The summed E-state index contributed by atoms with van der Waals surface area (Å²) < 4.78 is 39.4. The zero-order valence-corrected chi connectivity index (χ0v) is 14.7. The molecule has 2 N–H and O–H groups in total. The summed E-state index contributed by atoms with van der Waals surface area (Å²) in [6.45, 7) is 1.89. The SMILES string of the molecule is Cc1ccc(-n2ccc(NC(=O)c3cc(C(F)(F)F)cs3)c2C(=O)O)cc1. The molecular weight excluding hydrogens is 381 g/mol. The van der Waals surface area contributed by atoms with Gasteiger partial charge in [-0.1, -0.05) is 17.7 Å². The Bertz CT molecular complexity index is 1000. The van der Waals surface area contributed by atoms with Crippen molar-refractivity contribution in [1.29, 1.82) is 0 Å². The molecule has 2 aromatic heterocycles. The zero-order chi connectivity index (χ0) is 19.8. The average molecular weight is 394 g/mol. The largest absolute Gasteiger partial charge is 0.476 e. The van der Waals surface area contributed by atoms with Gasteiger partial charge in [0.1, 0.15) is 0 Å². The van der Waals surface area contributed by atoms with Crippen LogP contribution in [-0.4, -0.2) is 21.6 Å². The Morgan fingerprint density at radius 2 is 1.81 bits per heavy atom. The van der Waals surface area contributed by atoms with Gasteiger partial charge in [0.05, 0.1) is 16.1 Å². The number of halogens is 3. The quantitative estimate of drug-likeness (QED) is 0.667. The van der Waals surface area contributed by atoms with Gasteiger partial charge in [-0.15, -0.1) is 11.3 Å². The molecule has 0 aliphatic rings. The number of hydrogen-bond donors (Lipinski definition) is 2. The maximum absolute atomic E-state index is 12.7. The molecule has 0 bridgehead atoms. The highest BCUT2D eigenvalue weighted by molar-refractivity contribution is 7.12. The first-order valence-electron chi connectivity index (χ1n) is 7.65. The van der Waals surface area contributed by atoms with E-state index in [2.05, 4.69) is 5.32 Å². The fraction of sp³-hybridized carbons (Fsp3) is 0.111. The number of aromatic nitrogens is 1. The fourth-order valence-corrected chi connectivity index (χ4v) is 3.27. The summed E-state index contributed by atoms with van der Waals surface area (Å²) in [5.74, 6) is -2.09. The van der Waals surface area contributed by atoms with Crippen LogP contribution in [0.4, 0.5) is 18.9 Å². The van der Waals surface area contributed by atoms with Crippen LogP contribution in [0.2, 0.25) is 0 Å². The van der Waals surface area contributed by atoms with Gasteiger partial charge in [-0.3, -0.25) is 4.79 Å². The number of benzene rings is 1. The molecule has 0 saturated carbocycles. The lowest BCUT2D eigenvalue weighted by molar-refractivity contribution is -0.137. The van der Waals surface area contributed by atoms with E-state index in [0.29, 0.717) is 17.0 Å². The van der Waals surface area contributed by atoms with Crippen LogP contribution in [0.15, 0.2) is 48.0 Å². The first kappa shape index (κ1) is 18.7. The van der Waals surface area contributed by atoms with Gasteiger partial charge in [0.2, 0.25) is 0 Å². The van der Waals surface area contributed by atoms with Gasteiger partial charge in [0.25, 0.3) is 5.91 Å². The second-order valence-corrected chi connectivity index (χ2v) is 6.65. The molecule has 2 heterocycles. The number of anilines is 1. The summed E-state index contributed by atoms with van der Waals surface area (Å²) in [6, 6.07) is 9.19. The van der Waals surface area contributed by atoms with Gasteiger partial charge in [-0.05, 0) is 31.2 Å². The number of carbonyl (C=O) groups is 2. The van der Waals surface area contributed by atoms with Crippen molar-refractivity contribution >= 4 is 28.9 Å². The molecule has 1 amide bonds. The Kier molecular flexibility index (Phi) is 4.79. The van der Waals surface area contributed by atoms with Crippen LogP contribution in [0, 0.1) is 6.92 Å². The third-order valence-electron chi connectivity index (χ3n) is 3.80. The topological polar surface area (TPSA) is 71.3 Å². The molecule has 9 heteroatoms. The molecule has 0 fully saturated rings. The lowest BCUT2D eigenvalue weighted by atomic mass is 10.2. The number of aryl methyl sites for hydroxylation is 1. The van der Waals surface area contributed by atoms with E-state index in [1.807, 2.05) is 19.1 Å². The van der Waals surface area contributed by atoms with Gasteiger partial charge in [0.15, 0.2) is 5.69 Å². The molecule has 0 saturated heterocycles. The average Bonchev–Trinajstić information content (AvgIpc) is 3.22. The Labute approximate surface area is 155 Å². The van der Waals surface area contributed by atoms with Crippen LogP contribution < -0.4 is 5.32 Å². The van der Waals surface area contributed by atoms with E-state index < -0.39 is 23.6 Å². The van der Waals surface area contributed by atoms with Crippen LogP contribution in [0.1, 0.15) is 31.3 Å². The number of amides is 1. The van der Waals surface area contributed by atoms with Gasteiger partial charge >= 0.3 is 12.1 Å². The molecule has 0 spiro atoms. The highest BCUT2D eigenvalue weighted by atomic mass is 32.1. The predicted molar refractivity (Wildman–Crippen MR) is 94.7 cm³/mol. The van der Waals surface area contributed by atoms with Crippen LogP contribution >= 0.6 is 11.3 Å². The number of carbonyl (C=O) groups excluding carboxylic acids is 1. The van der Waals surface area contributed by atoms with E-state index in [1.165, 1.54) is 16.8 Å². The number of nitrogens with one attached hydrogen (secondary N) is 1. The monoisotopic (exact) mass is 394 g/mol. The highest BCUT2D eigenvalue weighted by Gasteiger charge is 2.32. The summed E-state index contributed by atoms with van der Waals surface area (Å²) in [5, 5.41) is 12.7. The summed E-state index contributed by atoms with van der Waals surface area (Å²) in [6.07, 6.45) is -3.07. The first-order valence-corrected chi connectivity index (χ1v) is 8.53. The molecule has 5 nitrogen and oxygen atoms in total. The second kappa shape index (κ2) is 6.92. The minimum atomic E-state index is -4.55. The molecular formula is C18H13F3N2O3S. The van der Waals surface area contributed by atoms with Crippen LogP contribution in [0.25, 0.3) is 5.69 Å². The molecule has 27 heavy (non-hydrogen) atoms. The molecule has 0 radical (unpaired) electrons. The summed E-state index contributed by atoms with van der Waals surface area (Å²) in [7, 11) is 0. The highest BCUT2D eigenvalue weighted by Crippen LogP contribution is 2.33. The van der Waals surface area contributed by atoms with Crippen molar-refractivity contribution in [1.82, 2.24) is 4.57 Å². The van der Waals surface area contributed by atoms with Crippen molar-refractivity contribution in [3.8, 4) is 5.69 Å². The Balaban J connectivity index is 1.91. The minimum absolute atomic E-state index is 0.00460. The van der Waals surface area contributed by atoms with Crippen molar-refractivity contribution in [3.05, 3.63) is 69.7 Å². The van der Waals surface area contributed by atoms with E-state index in [1.54, 1.807) is 12.1 Å². The number of alkyl halides is 3. The third-order valence-corrected chi connectivity index (χ3v) is 4.73. The number of aromatic carboxylic acids is 1. The van der Waals surface area contributed by atoms with Gasteiger partial charge < -0.3 is 15.0 Å². The third kappa shape index (κ3) is 3.87. The molecule has 0 atom stereocenters. The van der Waals surface area contributed by atoms with Crippen LogP contribution in [0.5, 0.6) is 0 Å². The second-order valence-electron chi connectivity index (χ2n) is 5.74. The van der Waals surface area contributed by atoms with Crippen LogP contribution in [-0.2, 0) is 6.18 Å². The maximum Gasteiger partial charge on any atom is 0.417 e. The lowest BCUT2D eigenvalue weighted by Crippen LogP contribution is -2.15. The molecule has 0 aliphatic heterocycles. The van der Waals surface area contributed by atoms with Crippen molar-refractivity contribution in [2.75, 3.05) is 5.32 Å². The molecule has 3 rings (SSSR count). The number of hydrogen-bond acceptors (Lipinski definition) is 3. The van der Waals surface area contributed by atoms with Crippen LogP contribution in [0.3, 0.4) is 0 Å². The number of carboxylic acid groups (broad SMARTS) is 1.